The van der Waals surface area contributed by atoms with Crippen LogP contribution in [0.25, 0.3) is 5.69 Å². The summed E-state index contributed by atoms with van der Waals surface area (Å²) in [6.45, 7) is 1.92. The summed E-state index contributed by atoms with van der Waals surface area (Å²) in [5.41, 5.74) is 2.87. The number of nitrogens with one attached hydrogen (secondary N) is 1. The van der Waals surface area contributed by atoms with E-state index in [1.165, 1.54) is 0 Å². The van der Waals surface area contributed by atoms with E-state index < -0.39 is 0 Å². The van der Waals surface area contributed by atoms with Gasteiger partial charge in [-0.15, -0.1) is 0 Å². The van der Waals surface area contributed by atoms with Gasteiger partial charge in [-0.05, 0) is 37.1 Å². The van der Waals surface area contributed by atoms with Crippen molar-refractivity contribution < 1.29 is 9.53 Å². The second-order valence-corrected chi connectivity index (χ2v) is 7.07. The molecule has 0 radical (unpaired) electrons. The monoisotopic (exact) mass is 397 g/mol. The molecule has 1 amide bonds. The van der Waals surface area contributed by atoms with E-state index in [1.54, 1.807) is 13.3 Å². The highest BCUT2D eigenvalue weighted by atomic mass is 35.5. The fraction of sp³-hybridized carbons (Fsp3) is 0.273. The topological polar surface area (TPSA) is 56.1 Å². The molecule has 0 aliphatic carbocycles. The number of ether oxygens (including phenoxy) is 1. The number of carbonyl (C=O) groups is 1. The Labute approximate surface area is 170 Å². The molecule has 146 valence electrons. The highest BCUT2D eigenvalue weighted by Gasteiger charge is 2.22. The predicted octanol–water partition coefficient (Wildman–Crippen LogP) is 4.35. The Balaban J connectivity index is 1.55. The maximum atomic E-state index is 12.4. The Morgan fingerprint density at radius 2 is 1.89 bits per heavy atom. The van der Waals surface area contributed by atoms with E-state index >= 15 is 0 Å². The lowest BCUT2D eigenvalue weighted by Gasteiger charge is -2.25. The summed E-state index contributed by atoms with van der Waals surface area (Å²) in [6.07, 6.45) is 4.44. The molecule has 6 heteroatoms. The molecule has 5 nitrogen and oxygen atoms in total. The Morgan fingerprint density at radius 3 is 2.61 bits per heavy atom. The number of carbonyl (C=O) groups excluding carboxylic acids is 1. The number of benzene rings is 2. The summed E-state index contributed by atoms with van der Waals surface area (Å²) in [6, 6.07) is 17.2. The molecular formula is C22H24ClN3O2. The van der Waals surface area contributed by atoms with Gasteiger partial charge in [0.2, 0.25) is 5.91 Å². The largest absolute Gasteiger partial charge is 0.375 e. The van der Waals surface area contributed by atoms with Gasteiger partial charge in [-0.1, -0.05) is 48.0 Å². The first-order valence-electron chi connectivity index (χ1n) is 9.24. The minimum atomic E-state index is -0.307. The van der Waals surface area contributed by atoms with Crippen molar-refractivity contribution in [3.05, 3.63) is 83.1 Å². The smallest absolute Gasteiger partial charge is 0.220 e. The number of aryl methyl sites for hydroxylation is 1. The minimum absolute atomic E-state index is 0.0333. The van der Waals surface area contributed by atoms with Gasteiger partial charge >= 0.3 is 0 Å². The number of amides is 1. The third-order valence-electron chi connectivity index (χ3n) is 4.61. The van der Waals surface area contributed by atoms with E-state index in [9.17, 15) is 4.79 Å². The molecule has 1 aromatic heterocycles. The lowest BCUT2D eigenvalue weighted by atomic mass is 10.0. The SMILES string of the molecule is CO[C@@H](c1ccccc1Cl)[C@@H](C)NC(=O)CCc1cnn(-c2ccccc2)c1. The summed E-state index contributed by atoms with van der Waals surface area (Å²) in [5.74, 6) is -0.0333. The molecule has 1 N–H and O–H groups in total. The molecule has 0 aliphatic rings. The molecule has 0 saturated heterocycles. The number of methoxy groups -OCH3 is 1. The van der Waals surface area contributed by atoms with Gasteiger partial charge in [0.25, 0.3) is 0 Å². The van der Waals surface area contributed by atoms with Gasteiger partial charge in [-0.3, -0.25) is 4.79 Å². The molecule has 0 saturated carbocycles. The van der Waals surface area contributed by atoms with Crippen LogP contribution in [0.3, 0.4) is 0 Å². The fourth-order valence-corrected chi connectivity index (χ4v) is 3.42. The van der Waals surface area contributed by atoms with Crippen molar-refractivity contribution in [2.75, 3.05) is 7.11 Å². The lowest BCUT2D eigenvalue weighted by molar-refractivity contribution is -0.122. The van der Waals surface area contributed by atoms with Gasteiger partial charge in [-0.2, -0.15) is 5.10 Å². The number of nitrogens with zero attached hydrogens (tertiary/aromatic N) is 2. The molecule has 1 heterocycles. The molecule has 3 rings (SSSR count). The standard InChI is InChI=1S/C22H24ClN3O2/c1-16(22(28-2)19-10-6-7-11-20(19)23)25-21(27)13-12-17-14-24-26(15-17)18-8-4-3-5-9-18/h3-11,14-16,22H,12-13H2,1-2H3,(H,25,27)/t16-,22-/m1/s1. The predicted molar refractivity (Wildman–Crippen MR) is 111 cm³/mol. The zero-order valence-corrected chi connectivity index (χ0v) is 16.8. The third-order valence-corrected chi connectivity index (χ3v) is 4.95. The van der Waals surface area contributed by atoms with Gasteiger partial charge in [0.1, 0.15) is 6.10 Å². The number of hydrogen-bond acceptors (Lipinski definition) is 3. The second-order valence-electron chi connectivity index (χ2n) is 6.66. The molecular weight excluding hydrogens is 374 g/mol. The molecule has 0 unspecified atom stereocenters. The molecule has 0 bridgehead atoms. The van der Waals surface area contributed by atoms with Crippen LogP contribution in [0.4, 0.5) is 0 Å². The maximum absolute atomic E-state index is 12.4. The van der Waals surface area contributed by atoms with Crippen LogP contribution in [0.1, 0.15) is 30.6 Å². The van der Waals surface area contributed by atoms with Gasteiger partial charge in [0.05, 0.1) is 17.9 Å². The van der Waals surface area contributed by atoms with Gasteiger partial charge < -0.3 is 10.1 Å². The summed E-state index contributed by atoms with van der Waals surface area (Å²) in [4.78, 5) is 12.4. The molecule has 2 atom stereocenters. The first kappa shape index (κ1) is 20.1. The van der Waals surface area contributed by atoms with E-state index in [4.69, 9.17) is 16.3 Å². The quantitative estimate of drug-likeness (QED) is 0.614. The van der Waals surface area contributed by atoms with Crippen LogP contribution in [0.5, 0.6) is 0 Å². The van der Waals surface area contributed by atoms with Crippen LogP contribution >= 0.6 is 11.6 Å². The Hall–Kier alpha value is -2.63. The lowest BCUT2D eigenvalue weighted by Crippen LogP contribution is -2.38. The molecule has 0 spiro atoms. The van der Waals surface area contributed by atoms with Crippen LogP contribution in [-0.2, 0) is 16.0 Å². The Bertz CT molecular complexity index is 911. The van der Waals surface area contributed by atoms with Crippen LogP contribution < -0.4 is 5.32 Å². The van der Waals surface area contributed by atoms with Crippen LogP contribution in [0.15, 0.2) is 67.0 Å². The first-order chi connectivity index (χ1) is 13.6. The summed E-state index contributed by atoms with van der Waals surface area (Å²) >= 11 is 6.27. The zero-order valence-electron chi connectivity index (χ0n) is 16.0. The van der Waals surface area contributed by atoms with Crippen molar-refractivity contribution in [2.45, 2.75) is 31.9 Å². The van der Waals surface area contributed by atoms with E-state index in [2.05, 4.69) is 10.4 Å². The number of aromatic nitrogens is 2. The van der Waals surface area contributed by atoms with Crippen LogP contribution in [0, 0.1) is 0 Å². The third kappa shape index (κ3) is 5.00. The minimum Gasteiger partial charge on any atom is -0.375 e. The highest BCUT2D eigenvalue weighted by molar-refractivity contribution is 6.31. The normalized spacial score (nSPS) is 13.1. The van der Waals surface area contributed by atoms with E-state index in [0.717, 1.165) is 16.8 Å². The Morgan fingerprint density at radius 1 is 1.18 bits per heavy atom. The molecule has 3 aromatic rings. The van der Waals surface area contributed by atoms with Crippen molar-refractivity contribution in [2.24, 2.45) is 0 Å². The Kier molecular flexibility index (Phi) is 6.85. The van der Waals surface area contributed by atoms with E-state index in [0.29, 0.717) is 17.9 Å². The summed E-state index contributed by atoms with van der Waals surface area (Å²) in [7, 11) is 1.62. The number of para-hydroxylation sites is 1. The van der Waals surface area contributed by atoms with Crippen molar-refractivity contribution >= 4 is 17.5 Å². The zero-order chi connectivity index (χ0) is 19.9. The van der Waals surface area contributed by atoms with E-state index in [-0.39, 0.29) is 18.1 Å². The molecule has 2 aromatic carbocycles. The fourth-order valence-electron chi connectivity index (χ4n) is 3.18. The maximum Gasteiger partial charge on any atom is 0.220 e. The van der Waals surface area contributed by atoms with Gasteiger partial charge in [-0.25, -0.2) is 4.68 Å². The van der Waals surface area contributed by atoms with Crippen LogP contribution in [0.2, 0.25) is 5.02 Å². The number of halogens is 1. The molecule has 0 aliphatic heterocycles. The molecule has 28 heavy (non-hydrogen) atoms. The summed E-state index contributed by atoms with van der Waals surface area (Å²) < 4.78 is 7.40. The second kappa shape index (κ2) is 9.53. The average molecular weight is 398 g/mol. The van der Waals surface area contributed by atoms with Gasteiger partial charge in [0.15, 0.2) is 0 Å². The van der Waals surface area contributed by atoms with E-state index in [1.807, 2.05) is 72.4 Å². The van der Waals surface area contributed by atoms with Gasteiger partial charge in [0, 0.05) is 30.3 Å². The molecule has 0 fully saturated rings. The van der Waals surface area contributed by atoms with Crippen molar-refractivity contribution in [1.29, 1.82) is 0 Å². The number of hydrogen-bond donors (Lipinski definition) is 1. The van der Waals surface area contributed by atoms with Crippen molar-refractivity contribution in [3.63, 3.8) is 0 Å². The highest BCUT2D eigenvalue weighted by Crippen LogP contribution is 2.27. The average Bonchev–Trinajstić information content (AvgIpc) is 3.18. The number of rotatable bonds is 8. The van der Waals surface area contributed by atoms with Crippen LogP contribution in [-0.4, -0.2) is 28.8 Å². The van der Waals surface area contributed by atoms with Crippen molar-refractivity contribution in [1.82, 2.24) is 15.1 Å². The summed E-state index contributed by atoms with van der Waals surface area (Å²) in [5, 5.41) is 8.01. The van der Waals surface area contributed by atoms with Crippen molar-refractivity contribution in [3.8, 4) is 5.69 Å². The first-order valence-corrected chi connectivity index (χ1v) is 9.62.